The molecule has 4 nitrogen and oxygen atoms in total. The van der Waals surface area contributed by atoms with Gasteiger partial charge in [0.05, 0.1) is 10.6 Å². The maximum absolute atomic E-state index is 5.93. The first-order valence-electron chi connectivity index (χ1n) is 5.31. The van der Waals surface area contributed by atoms with Gasteiger partial charge in [-0.05, 0) is 30.3 Å². The summed E-state index contributed by atoms with van der Waals surface area (Å²) in [5, 5.41) is 7.01. The lowest BCUT2D eigenvalue weighted by molar-refractivity contribution is 1.31. The highest BCUT2D eigenvalue weighted by Crippen LogP contribution is 2.33. The highest BCUT2D eigenvalue weighted by Gasteiger charge is 2.13. The van der Waals surface area contributed by atoms with Gasteiger partial charge in [-0.2, -0.15) is 4.40 Å². The van der Waals surface area contributed by atoms with E-state index in [4.69, 9.17) is 11.6 Å². The Labute approximate surface area is 114 Å². The molecule has 1 aliphatic rings. The Balaban J connectivity index is 1.78. The standard InChI is InChI=1S/C12H9ClN4S/c13-8-4-5-9-10(7-8)18-17-12(15-9)16-11-3-1-2-6-14-11/h1-7H,(H2,14,15,16,17). The van der Waals surface area contributed by atoms with Crippen LogP contribution in [0.25, 0.3) is 0 Å². The summed E-state index contributed by atoms with van der Waals surface area (Å²) in [6.45, 7) is 0. The highest BCUT2D eigenvalue weighted by atomic mass is 35.5. The van der Waals surface area contributed by atoms with Crippen molar-refractivity contribution in [2.24, 2.45) is 4.40 Å². The summed E-state index contributed by atoms with van der Waals surface area (Å²) < 4.78 is 4.32. The maximum Gasteiger partial charge on any atom is 0.213 e. The Morgan fingerprint density at radius 1 is 1.22 bits per heavy atom. The fourth-order valence-electron chi connectivity index (χ4n) is 1.53. The molecule has 0 bridgehead atoms. The maximum atomic E-state index is 5.93. The van der Waals surface area contributed by atoms with Gasteiger partial charge in [0.1, 0.15) is 5.82 Å². The van der Waals surface area contributed by atoms with Gasteiger partial charge < -0.3 is 10.6 Å². The van der Waals surface area contributed by atoms with E-state index in [1.54, 1.807) is 6.20 Å². The second kappa shape index (κ2) is 4.88. The first-order valence-corrected chi connectivity index (χ1v) is 6.46. The number of rotatable bonds is 1. The molecule has 90 valence electrons. The van der Waals surface area contributed by atoms with Gasteiger partial charge in [0.2, 0.25) is 5.96 Å². The highest BCUT2D eigenvalue weighted by molar-refractivity contribution is 7.98. The number of pyridine rings is 1. The molecule has 18 heavy (non-hydrogen) atoms. The molecule has 1 aliphatic heterocycles. The Morgan fingerprint density at radius 3 is 3.00 bits per heavy atom. The smallest absolute Gasteiger partial charge is 0.213 e. The zero-order valence-electron chi connectivity index (χ0n) is 9.22. The van der Waals surface area contributed by atoms with Crippen LogP contribution >= 0.6 is 23.5 Å². The van der Waals surface area contributed by atoms with Gasteiger partial charge >= 0.3 is 0 Å². The second-order valence-corrected chi connectivity index (χ2v) is 4.88. The van der Waals surface area contributed by atoms with E-state index < -0.39 is 0 Å². The van der Waals surface area contributed by atoms with Crippen molar-refractivity contribution in [3.63, 3.8) is 0 Å². The van der Waals surface area contributed by atoms with E-state index in [2.05, 4.69) is 20.0 Å². The van der Waals surface area contributed by atoms with Crippen LogP contribution in [-0.4, -0.2) is 10.9 Å². The number of benzene rings is 1. The van der Waals surface area contributed by atoms with Crippen molar-refractivity contribution < 1.29 is 0 Å². The molecule has 6 heteroatoms. The van der Waals surface area contributed by atoms with Crippen LogP contribution in [0, 0.1) is 0 Å². The summed E-state index contributed by atoms with van der Waals surface area (Å²) in [5.41, 5.74) is 0.984. The van der Waals surface area contributed by atoms with Crippen LogP contribution in [0.3, 0.4) is 0 Å². The molecule has 1 aromatic heterocycles. The summed E-state index contributed by atoms with van der Waals surface area (Å²) in [6.07, 6.45) is 1.73. The normalized spacial score (nSPS) is 13.3. The summed E-state index contributed by atoms with van der Waals surface area (Å²) >= 11 is 7.31. The van der Waals surface area contributed by atoms with E-state index in [-0.39, 0.29) is 0 Å². The van der Waals surface area contributed by atoms with E-state index in [1.165, 1.54) is 11.9 Å². The molecule has 0 amide bonds. The fourth-order valence-corrected chi connectivity index (χ4v) is 2.45. The Morgan fingerprint density at radius 2 is 2.17 bits per heavy atom. The van der Waals surface area contributed by atoms with Crippen molar-refractivity contribution in [1.29, 1.82) is 0 Å². The lowest BCUT2D eigenvalue weighted by Gasteiger charge is -2.18. The van der Waals surface area contributed by atoms with Gasteiger partial charge in [-0.3, -0.25) is 0 Å². The van der Waals surface area contributed by atoms with Crippen LogP contribution in [0.1, 0.15) is 0 Å². The SMILES string of the molecule is Clc1ccc2c(c1)SN=C(Nc1ccccn1)N2. The predicted molar refractivity (Wildman–Crippen MR) is 76.2 cm³/mol. The second-order valence-electron chi connectivity index (χ2n) is 3.64. The molecular weight excluding hydrogens is 268 g/mol. The summed E-state index contributed by atoms with van der Waals surface area (Å²) in [6, 6.07) is 11.3. The third kappa shape index (κ3) is 2.42. The van der Waals surface area contributed by atoms with Crippen molar-refractivity contribution in [2.75, 3.05) is 10.6 Å². The van der Waals surface area contributed by atoms with Gasteiger partial charge in [0, 0.05) is 23.2 Å². The first kappa shape index (κ1) is 11.4. The van der Waals surface area contributed by atoms with E-state index in [0.29, 0.717) is 11.0 Å². The number of hydrogen-bond donors (Lipinski definition) is 2. The summed E-state index contributed by atoms with van der Waals surface area (Å²) in [7, 11) is 0. The number of halogens is 1. The van der Waals surface area contributed by atoms with Crippen molar-refractivity contribution in [1.82, 2.24) is 4.98 Å². The molecule has 0 saturated carbocycles. The minimum absolute atomic E-state index is 0.661. The topological polar surface area (TPSA) is 49.3 Å². The molecule has 0 aliphatic carbocycles. The van der Waals surface area contributed by atoms with E-state index in [1.807, 2.05) is 36.4 Å². The zero-order valence-corrected chi connectivity index (χ0v) is 10.8. The molecule has 2 N–H and O–H groups in total. The van der Waals surface area contributed by atoms with Crippen LogP contribution < -0.4 is 10.6 Å². The molecule has 0 unspecified atom stereocenters. The van der Waals surface area contributed by atoms with Gasteiger partial charge in [0.15, 0.2) is 0 Å². The lowest BCUT2D eigenvalue weighted by atomic mass is 10.3. The molecule has 3 rings (SSSR count). The molecule has 0 spiro atoms. The molecule has 2 heterocycles. The van der Waals surface area contributed by atoms with Crippen molar-refractivity contribution in [3.8, 4) is 0 Å². The van der Waals surface area contributed by atoms with E-state index in [0.717, 1.165) is 16.4 Å². The third-order valence-corrected chi connectivity index (χ3v) is 3.39. The molecule has 1 aromatic carbocycles. The van der Waals surface area contributed by atoms with Crippen LogP contribution in [0.4, 0.5) is 11.5 Å². The van der Waals surface area contributed by atoms with Gasteiger partial charge in [-0.25, -0.2) is 4.98 Å². The van der Waals surface area contributed by atoms with Crippen LogP contribution in [-0.2, 0) is 0 Å². The van der Waals surface area contributed by atoms with Crippen LogP contribution in [0.5, 0.6) is 0 Å². The van der Waals surface area contributed by atoms with E-state index >= 15 is 0 Å². The molecular formula is C12H9ClN4S. The lowest BCUT2D eigenvalue weighted by Crippen LogP contribution is -2.24. The average molecular weight is 277 g/mol. The third-order valence-electron chi connectivity index (χ3n) is 2.34. The largest absolute Gasteiger partial charge is 0.324 e. The predicted octanol–water partition coefficient (Wildman–Crippen LogP) is 3.64. The van der Waals surface area contributed by atoms with Crippen molar-refractivity contribution in [3.05, 3.63) is 47.6 Å². The minimum Gasteiger partial charge on any atom is -0.324 e. The molecule has 2 aromatic rings. The molecule has 0 atom stereocenters. The fraction of sp³-hybridized carbons (Fsp3) is 0. The minimum atomic E-state index is 0.661. The number of hydrogen-bond acceptors (Lipinski definition) is 5. The monoisotopic (exact) mass is 276 g/mol. The van der Waals surface area contributed by atoms with Gasteiger partial charge in [0.25, 0.3) is 0 Å². The molecule has 0 fully saturated rings. The summed E-state index contributed by atoms with van der Waals surface area (Å²) in [5.74, 6) is 1.41. The van der Waals surface area contributed by atoms with Crippen LogP contribution in [0.2, 0.25) is 5.02 Å². The van der Waals surface area contributed by atoms with Crippen molar-refractivity contribution in [2.45, 2.75) is 4.90 Å². The van der Waals surface area contributed by atoms with E-state index in [9.17, 15) is 0 Å². The van der Waals surface area contributed by atoms with Crippen molar-refractivity contribution >= 4 is 41.0 Å². The number of guanidine groups is 1. The number of anilines is 2. The average Bonchev–Trinajstić information content (AvgIpc) is 2.40. The first-order chi connectivity index (χ1) is 8.81. The Bertz CT molecular complexity index is 600. The summed E-state index contributed by atoms with van der Waals surface area (Å²) in [4.78, 5) is 5.19. The van der Waals surface area contributed by atoms with Crippen LogP contribution in [0.15, 0.2) is 51.9 Å². The van der Waals surface area contributed by atoms with Gasteiger partial charge in [-0.15, -0.1) is 0 Å². The number of aromatic nitrogens is 1. The molecule has 0 radical (unpaired) electrons. The molecule has 0 saturated heterocycles. The zero-order chi connectivity index (χ0) is 12.4. The Kier molecular flexibility index (Phi) is 3.08. The number of nitrogens with one attached hydrogen (secondary N) is 2. The Hall–Kier alpha value is -1.72. The number of nitrogens with zero attached hydrogens (tertiary/aromatic N) is 2. The number of fused-ring (bicyclic) bond motifs is 1. The van der Waals surface area contributed by atoms with Gasteiger partial charge in [-0.1, -0.05) is 17.7 Å². The quantitative estimate of drug-likeness (QED) is 0.781.